The Morgan fingerprint density at radius 3 is 2.48 bits per heavy atom. The number of methoxy groups -OCH3 is 1. The Morgan fingerprint density at radius 2 is 1.81 bits per heavy atom. The van der Waals surface area contributed by atoms with Crippen molar-refractivity contribution in [2.75, 3.05) is 12.4 Å². The first kappa shape index (κ1) is 21.7. The lowest BCUT2D eigenvalue weighted by Crippen LogP contribution is -2.34. The van der Waals surface area contributed by atoms with Crippen LogP contribution in [0.25, 0.3) is 6.08 Å². The highest BCUT2D eigenvalue weighted by Crippen LogP contribution is 2.24. The van der Waals surface area contributed by atoms with Crippen molar-refractivity contribution in [2.24, 2.45) is 10.9 Å². The average Bonchev–Trinajstić information content (AvgIpc) is 3.31. The molecule has 1 aromatic carbocycles. The number of hydrogen-bond acceptors (Lipinski definition) is 7. The van der Waals surface area contributed by atoms with Gasteiger partial charge in [-0.05, 0) is 38.1 Å². The number of furan rings is 1. The van der Waals surface area contributed by atoms with Crippen LogP contribution in [0.15, 0.2) is 51.5 Å². The van der Waals surface area contributed by atoms with Crippen LogP contribution < -0.4 is 10.6 Å². The number of Topliss-reactive ketones (excluding diaryl/α,β-unsaturated/α-hetero) is 1. The molecule has 0 bridgehead atoms. The summed E-state index contributed by atoms with van der Waals surface area (Å²) in [6, 6.07) is 10.2. The number of carbonyl (C=O) groups is 4. The van der Waals surface area contributed by atoms with Crippen molar-refractivity contribution in [1.29, 1.82) is 0 Å². The Kier molecular flexibility index (Phi) is 6.44. The number of esters is 1. The van der Waals surface area contributed by atoms with E-state index in [1.54, 1.807) is 31.2 Å². The van der Waals surface area contributed by atoms with Gasteiger partial charge >= 0.3 is 17.8 Å². The molecule has 1 aliphatic heterocycles. The second-order valence-corrected chi connectivity index (χ2v) is 6.91. The van der Waals surface area contributed by atoms with Crippen molar-refractivity contribution in [2.45, 2.75) is 20.4 Å². The van der Waals surface area contributed by atoms with E-state index in [0.29, 0.717) is 22.9 Å². The molecule has 0 unspecified atom stereocenters. The number of ketones is 1. The number of anilines is 1. The topological polar surface area (TPSA) is 127 Å². The van der Waals surface area contributed by atoms with Crippen molar-refractivity contribution in [3.05, 3.63) is 59.2 Å². The lowest BCUT2D eigenvalue weighted by molar-refractivity contribution is -0.145. The summed E-state index contributed by atoms with van der Waals surface area (Å²) in [5.74, 6) is -3.10. The van der Waals surface area contributed by atoms with E-state index < -0.39 is 29.5 Å². The van der Waals surface area contributed by atoms with Crippen molar-refractivity contribution in [3.8, 4) is 0 Å². The van der Waals surface area contributed by atoms with Gasteiger partial charge in [-0.1, -0.05) is 17.7 Å². The molecule has 1 atom stereocenters. The van der Waals surface area contributed by atoms with Crippen molar-refractivity contribution in [1.82, 2.24) is 5.32 Å². The first-order valence-corrected chi connectivity index (χ1v) is 9.42. The summed E-state index contributed by atoms with van der Waals surface area (Å²) in [5, 5.41) is 4.97. The van der Waals surface area contributed by atoms with Gasteiger partial charge in [-0.3, -0.25) is 24.2 Å². The molecule has 1 aromatic heterocycles. The maximum absolute atomic E-state index is 12.4. The van der Waals surface area contributed by atoms with Crippen LogP contribution in [-0.2, 0) is 30.5 Å². The molecular formula is C22H21N3O6. The Morgan fingerprint density at radius 1 is 1.10 bits per heavy atom. The van der Waals surface area contributed by atoms with Crippen molar-refractivity contribution < 1.29 is 28.3 Å². The van der Waals surface area contributed by atoms with E-state index in [-0.39, 0.29) is 12.2 Å². The van der Waals surface area contributed by atoms with E-state index in [9.17, 15) is 19.2 Å². The number of carbonyl (C=O) groups excluding carboxylic acids is 4. The predicted molar refractivity (Wildman–Crippen MR) is 112 cm³/mol. The summed E-state index contributed by atoms with van der Waals surface area (Å²) in [4.78, 5) is 52.2. The van der Waals surface area contributed by atoms with Gasteiger partial charge in [-0.2, -0.15) is 0 Å². The number of ether oxygens (including phenoxy) is 1. The van der Waals surface area contributed by atoms with E-state index in [1.807, 2.05) is 19.1 Å². The molecule has 31 heavy (non-hydrogen) atoms. The number of amides is 2. The number of allylic oxidation sites excluding steroid dienone is 1. The van der Waals surface area contributed by atoms with Gasteiger partial charge in [0.15, 0.2) is 5.92 Å². The maximum atomic E-state index is 12.4. The average molecular weight is 423 g/mol. The third-order valence-electron chi connectivity index (χ3n) is 4.57. The quantitative estimate of drug-likeness (QED) is 0.328. The molecule has 9 heteroatoms. The fourth-order valence-electron chi connectivity index (χ4n) is 2.92. The van der Waals surface area contributed by atoms with Gasteiger partial charge in [0, 0.05) is 17.5 Å². The molecule has 2 N–H and O–H groups in total. The number of benzene rings is 1. The highest BCUT2D eigenvalue weighted by Gasteiger charge is 2.37. The van der Waals surface area contributed by atoms with Gasteiger partial charge < -0.3 is 19.8 Å². The standard InChI is InChI=1S/C22H21N3O6/c1-12-4-6-14(7-5-12)25-21(28)20(27)23-11-16-9-8-15(31-16)10-17-19(26)18(13(2)24-17)22(29)30-3/h4-10,18H,11H2,1-3H3,(H,23,27)(H,25,28)/b17-10-/t18-/m0/s1. The van der Waals surface area contributed by atoms with Crippen LogP contribution in [0.2, 0.25) is 0 Å². The third-order valence-corrected chi connectivity index (χ3v) is 4.57. The molecule has 2 heterocycles. The zero-order valence-electron chi connectivity index (χ0n) is 17.2. The van der Waals surface area contributed by atoms with Gasteiger partial charge in [-0.15, -0.1) is 0 Å². The molecule has 0 saturated heterocycles. The van der Waals surface area contributed by atoms with Crippen LogP contribution in [0.4, 0.5) is 5.69 Å². The van der Waals surface area contributed by atoms with Crippen LogP contribution >= 0.6 is 0 Å². The number of nitrogens with zero attached hydrogens (tertiary/aromatic N) is 1. The Balaban J connectivity index is 1.58. The minimum Gasteiger partial charge on any atom is -0.468 e. The molecule has 2 amide bonds. The molecule has 0 radical (unpaired) electrons. The van der Waals surface area contributed by atoms with Crippen molar-refractivity contribution in [3.63, 3.8) is 0 Å². The second kappa shape index (κ2) is 9.21. The van der Waals surface area contributed by atoms with E-state index in [0.717, 1.165) is 5.56 Å². The molecule has 9 nitrogen and oxygen atoms in total. The summed E-state index contributed by atoms with van der Waals surface area (Å²) in [6.45, 7) is 3.47. The minimum atomic E-state index is -1.04. The molecule has 0 spiro atoms. The summed E-state index contributed by atoms with van der Waals surface area (Å²) in [5.41, 5.74) is 1.98. The van der Waals surface area contributed by atoms with Gasteiger partial charge in [0.25, 0.3) is 0 Å². The second-order valence-electron chi connectivity index (χ2n) is 6.91. The van der Waals surface area contributed by atoms with Crippen LogP contribution in [0.3, 0.4) is 0 Å². The fraction of sp³-hybridized carbons (Fsp3) is 0.227. The van der Waals surface area contributed by atoms with Gasteiger partial charge in [0.1, 0.15) is 17.2 Å². The zero-order chi connectivity index (χ0) is 22.5. The zero-order valence-corrected chi connectivity index (χ0v) is 17.2. The highest BCUT2D eigenvalue weighted by molar-refractivity contribution is 6.39. The minimum absolute atomic E-state index is 0.0235. The Bertz CT molecular complexity index is 1090. The van der Waals surface area contributed by atoms with Crippen molar-refractivity contribution >= 4 is 41.0 Å². The largest absolute Gasteiger partial charge is 0.468 e. The normalized spacial score (nSPS) is 16.7. The summed E-state index contributed by atoms with van der Waals surface area (Å²) in [7, 11) is 1.21. The SMILES string of the molecule is COC(=O)[C@@H]1C(=O)/C(=C/c2ccc(CNC(=O)C(=O)Nc3ccc(C)cc3)o2)N=C1C. The molecule has 0 aliphatic carbocycles. The lowest BCUT2D eigenvalue weighted by Gasteiger charge is -2.06. The molecule has 0 fully saturated rings. The van der Waals surface area contributed by atoms with E-state index in [2.05, 4.69) is 20.4 Å². The van der Waals surface area contributed by atoms with Crippen LogP contribution in [0.1, 0.15) is 24.0 Å². The third kappa shape index (κ3) is 5.13. The molecular weight excluding hydrogens is 402 g/mol. The Hall–Kier alpha value is -4.01. The van der Waals surface area contributed by atoms with Gasteiger partial charge in [-0.25, -0.2) is 0 Å². The molecule has 2 aromatic rings. The maximum Gasteiger partial charge on any atom is 0.322 e. The first-order valence-electron chi connectivity index (χ1n) is 9.42. The smallest absolute Gasteiger partial charge is 0.322 e. The van der Waals surface area contributed by atoms with E-state index in [4.69, 9.17) is 4.42 Å². The molecule has 0 saturated carbocycles. The number of rotatable bonds is 5. The molecule has 160 valence electrons. The van der Waals surface area contributed by atoms with E-state index in [1.165, 1.54) is 13.2 Å². The number of hydrogen-bond donors (Lipinski definition) is 2. The molecule has 3 rings (SSSR count). The van der Waals surface area contributed by atoms with Crippen LogP contribution in [0, 0.1) is 12.8 Å². The summed E-state index contributed by atoms with van der Waals surface area (Å²) >= 11 is 0. The molecule has 1 aliphatic rings. The Labute approximate surface area is 178 Å². The van der Waals surface area contributed by atoms with Gasteiger partial charge in [0.05, 0.1) is 13.7 Å². The van der Waals surface area contributed by atoms with Crippen LogP contribution in [-0.4, -0.2) is 36.4 Å². The summed E-state index contributed by atoms with van der Waals surface area (Å²) < 4.78 is 10.2. The number of aliphatic imine (C=N–C) groups is 1. The first-order chi connectivity index (χ1) is 14.8. The fourth-order valence-corrected chi connectivity index (χ4v) is 2.92. The summed E-state index contributed by atoms with van der Waals surface area (Å²) in [6.07, 6.45) is 1.41. The van der Waals surface area contributed by atoms with Gasteiger partial charge in [0.2, 0.25) is 5.78 Å². The van der Waals surface area contributed by atoms with Crippen LogP contribution in [0.5, 0.6) is 0 Å². The number of nitrogens with one attached hydrogen (secondary N) is 2. The van der Waals surface area contributed by atoms with E-state index >= 15 is 0 Å². The number of aryl methyl sites for hydroxylation is 1. The predicted octanol–water partition coefficient (Wildman–Crippen LogP) is 2.02. The monoisotopic (exact) mass is 423 g/mol. The highest BCUT2D eigenvalue weighted by atomic mass is 16.5. The lowest BCUT2D eigenvalue weighted by atomic mass is 10.0.